The van der Waals surface area contributed by atoms with Gasteiger partial charge in [0, 0.05) is 38.4 Å². The Morgan fingerprint density at radius 2 is 1.88 bits per heavy atom. The van der Waals surface area contributed by atoms with E-state index >= 15 is 0 Å². The highest BCUT2D eigenvalue weighted by atomic mass is 16.5. The fourth-order valence-electron chi connectivity index (χ4n) is 3.80. The van der Waals surface area contributed by atoms with E-state index in [9.17, 15) is 4.79 Å². The van der Waals surface area contributed by atoms with Crippen LogP contribution in [0.4, 0.5) is 0 Å². The maximum absolute atomic E-state index is 12.4. The fourth-order valence-corrected chi connectivity index (χ4v) is 3.80. The van der Waals surface area contributed by atoms with E-state index in [2.05, 4.69) is 10.2 Å². The average molecular weight is 331 g/mol. The quantitative estimate of drug-likeness (QED) is 0.828. The van der Waals surface area contributed by atoms with Gasteiger partial charge in [0.05, 0.1) is 5.69 Å². The van der Waals surface area contributed by atoms with Crippen molar-refractivity contribution in [3.05, 3.63) is 17.8 Å². The van der Waals surface area contributed by atoms with Crippen molar-refractivity contribution in [2.75, 3.05) is 13.1 Å². The maximum atomic E-state index is 12.4. The number of ether oxygens (including phenoxy) is 1. The third kappa shape index (κ3) is 4.92. The summed E-state index contributed by atoms with van der Waals surface area (Å²) in [5, 5.41) is 8.07. The number of aromatic nitrogens is 2. The lowest BCUT2D eigenvalue weighted by Crippen LogP contribution is -2.41. The largest absolute Gasteiger partial charge is 0.473 e. The number of hydrogen-bond acceptors (Lipinski definition) is 4. The van der Waals surface area contributed by atoms with Gasteiger partial charge in [-0.05, 0) is 25.3 Å². The summed E-state index contributed by atoms with van der Waals surface area (Å²) >= 11 is 0. The van der Waals surface area contributed by atoms with Gasteiger partial charge in [0.2, 0.25) is 11.8 Å². The Labute approximate surface area is 144 Å². The summed E-state index contributed by atoms with van der Waals surface area (Å²) in [5.74, 6) is 1.69. The molecule has 0 aromatic carbocycles. The molecule has 2 fully saturated rings. The molecule has 1 aromatic rings. The predicted molar refractivity (Wildman–Crippen MR) is 92.8 cm³/mol. The monoisotopic (exact) mass is 331 g/mol. The second-order valence-electron chi connectivity index (χ2n) is 7.25. The number of amides is 1. The minimum Gasteiger partial charge on any atom is -0.473 e. The summed E-state index contributed by atoms with van der Waals surface area (Å²) in [7, 11) is 0. The van der Waals surface area contributed by atoms with Gasteiger partial charge in [-0.25, -0.2) is 0 Å². The third-order valence-corrected chi connectivity index (χ3v) is 5.35. The molecule has 1 amide bonds. The smallest absolute Gasteiger partial charge is 0.233 e. The summed E-state index contributed by atoms with van der Waals surface area (Å²) < 4.78 is 5.88. The Bertz CT molecular complexity index is 518. The molecule has 1 aliphatic carbocycles. The van der Waals surface area contributed by atoms with Gasteiger partial charge in [0.25, 0.3) is 0 Å². The first-order chi connectivity index (χ1) is 11.7. The van der Waals surface area contributed by atoms with E-state index in [0.717, 1.165) is 50.4 Å². The van der Waals surface area contributed by atoms with Crippen molar-refractivity contribution < 1.29 is 9.53 Å². The van der Waals surface area contributed by atoms with Gasteiger partial charge in [-0.15, -0.1) is 5.10 Å². The Hall–Kier alpha value is -1.65. The summed E-state index contributed by atoms with van der Waals surface area (Å²) in [6.45, 7) is 3.51. The lowest BCUT2D eigenvalue weighted by molar-refractivity contribution is -0.133. The van der Waals surface area contributed by atoms with Crippen LogP contribution in [0.25, 0.3) is 0 Å². The second-order valence-corrected chi connectivity index (χ2v) is 7.25. The van der Waals surface area contributed by atoms with Crippen LogP contribution in [0.1, 0.15) is 63.5 Å². The van der Waals surface area contributed by atoms with E-state index in [1.807, 2.05) is 24.0 Å². The number of likely N-dealkylation sites (tertiary alicyclic amines) is 1. The van der Waals surface area contributed by atoms with Crippen molar-refractivity contribution >= 4 is 5.91 Å². The predicted octanol–water partition coefficient (Wildman–Crippen LogP) is 3.52. The first-order valence-corrected chi connectivity index (χ1v) is 9.45. The molecule has 0 unspecified atom stereocenters. The molecule has 1 saturated heterocycles. The number of carbonyl (C=O) groups excluding carboxylic acids is 1. The molecule has 3 rings (SSSR count). The minimum absolute atomic E-state index is 0.143. The van der Waals surface area contributed by atoms with Gasteiger partial charge in [-0.2, -0.15) is 5.10 Å². The zero-order chi connectivity index (χ0) is 16.8. The molecule has 5 nitrogen and oxygen atoms in total. The van der Waals surface area contributed by atoms with Gasteiger partial charge in [-0.1, -0.05) is 32.1 Å². The lowest BCUT2D eigenvalue weighted by Gasteiger charge is -2.32. The van der Waals surface area contributed by atoms with Crippen LogP contribution in [0.2, 0.25) is 0 Å². The van der Waals surface area contributed by atoms with Gasteiger partial charge in [-0.3, -0.25) is 4.79 Å². The van der Waals surface area contributed by atoms with Crippen molar-refractivity contribution in [3.63, 3.8) is 0 Å². The number of carbonyl (C=O) groups is 1. The van der Waals surface area contributed by atoms with Crippen LogP contribution < -0.4 is 4.74 Å². The molecule has 0 spiro atoms. The van der Waals surface area contributed by atoms with Gasteiger partial charge >= 0.3 is 0 Å². The number of rotatable bonds is 5. The summed E-state index contributed by atoms with van der Waals surface area (Å²) in [6.07, 6.45) is 10.4. The average Bonchev–Trinajstić information content (AvgIpc) is 2.63. The van der Waals surface area contributed by atoms with Crippen molar-refractivity contribution in [1.29, 1.82) is 0 Å². The van der Waals surface area contributed by atoms with Crippen molar-refractivity contribution in [2.45, 2.75) is 70.8 Å². The SMILES string of the molecule is Cc1ccc(OC2CCN(C(=O)CCC3CCCCC3)CC2)nn1. The molecule has 5 heteroatoms. The van der Waals surface area contributed by atoms with Crippen molar-refractivity contribution in [3.8, 4) is 5.88 Å². The molecule has 2 heterocycles. The molecule has 24 heavy (non-hydrogen) atoms. The van der Waals surface area contributed by atoms with Crippen LogP contribution in [0.5, 0.6) is 5.88 Å². The highest BCUT2D eigenvalue weighted by molar-refractivity contribution is 5.76. The number of piperidine rings is 1. The van der Waals surface area contributed by atoms with Crippen LogP contribution in [-0.2, 0) is 4.79 Å². The number of nitrogens with zero attached hydrogens (tertiary/aromatic N) is 3. The zero-order valence-electron chi connectivity index (χ0n) is 14.7. The molecule has 1 aliphatic heterocycles. The molecule has 2 aliphatic rings. The molecule has 0 bridgehead atoms. The first-order valence-electron chi connectivity index (χ1n) is 9.45. The van der Waals surface area contributed by atoms with Crippen molar-refractivity contribution in [2.24, 2.45) is 5.92 Å². The van der Waals surface area contributed by atoms with E-state index in [0.29, 0.717) is 11.8 Å². The molecular weight excluding hydrogens is 302 g/mol. The summed E-state index contributed by atoms with van der Waals surface area (Å²) in [5.41, 5.74) is 0.890. The van der Waals surface area contributed by atoms with Crippen molar-refractivity contribution in [1.82, 2.24) is 15.1 Å². The highest BCUT2D eigenvalue weighted by Crippen LogP contribution is 2.28. The second kappa shape index (κ2) is 8.45. The fraction of sp³-hybridized carbons (Fsp3) is 0.737. The lowest BCUT2D eigenvalue weighted by atomic mass is 9.86. The van der Waals surface area contributed by atoms with Crippen LogP contribution in [0.15, 0.2) is 12.1 Å². The Morgan fingerprint density at radius 1 is 1.12 bits per heavy atom. The standard InChI is InChI=1S/C19H29N3O2/c1-15-7-9-18(21-20-15)24-17-11-13-22(14-12-17)19(23)10-8-16-5-3-2-4-6-16/h7,9,16-17H,2-6,8,10-14H2,1H3. The van der Waals surface area contributed by atoms with Gasteiger partial charge in [0.1, 0.15) is 6.10 Å². The molecule has 0 N–H and O–H groups in total. The van der Waals surface area contributed by atoms with Crippen LogP contribution in [-0.4, -0.2) is 40.2 Å². The third-order valence-electron chi connectivity index (χ3n) is 5.35. The molecule has 0 radical (unpaired) electrons. The van der Waals surface area contributed by atoms with Gasteiger partial charge in [0.15, 0.2) is 0 Å². The molecular formula is C19H29N3O2. The Balaban J connectivity index is 1.37. The van der Waals surface area contributed by atoms with E-state index in [4.69, 9.17) is 4.74 Å². The van der Waals surface area contributed by atoms with Crippen LogP contribution in [0.3, 0.4) is 0 Å². The van der Waals surface area contributed by atoms with E-state index < -0.39 is 0 Å². The molecule has 132 valence electrons. The first kappa shape index (κ1) is 17.2. The molecule has 1 saturated carbocycles. The zero-order valence-corrected chi connectivity index (χ0v) is 14.7. The van der Waals surface area contributed by atoms with E-state index in [1.165, 1.54) is 32.1 Å². The van der Waals surface area contributed by atoms with E-state index in [1.54, 1.807) is 0 Å². The number of aryl methyl sites for hydroxylation is 1. The molecule has 1 aromatic heterocycles. The molecule has 0 atom stereocenters. The summed E-state index contributed by atoms with van der Waals surface area (Å²) in [4.78, 5) is 14.4. The van der Waals surface area contributed by atoms with Crippen LogP contribution in [0, 0.1) is 12.8 Å². The summed E-state index contributed by atoms with van der Waals surface area (Å²) in [6, 6.07) is 3.77. The maximum Gasteiger partial charge on any atom is 0.233 e. The Morgan fingerprint density at radius 3 is 2.54 bits per heavy atom. The van der Waals surface area contributed by atoms with Gasteiger partial charge < -0.3 is 9.64 Å². The normalized spacial score (nSPS) is 20.1. The van der Waals surface area contributed by atoms with E-state index in [-0.39, 0.29) is 6.10 Å². The number of hydrogen-bond donors (Lipinski definition) is 0. The topological polar surface area (TPSA) is 55.3 Å². The Kier molecular flexibility index (Phi) is 6.05. The highest BCUT2D eigenvalue weighted by Gasteiger charge is 2.25. The van der Waals surface area contributed by atoms with Crippen LogP contribution >= 0.6 is 0 Å². The minimum atomic E-state index is 0.143.